The molecule has 0 bridgehead atoms. The van der Waals surface area contributed by atoms with E-state index in [-0.39, 0.29) is 12.2 Å². The topological polar surface area (TPSA) is 26.7 Å². The zero-order valence-corrected chi connectivity index (χ0v) is 11.6. The lowest BCUT2D eigenvalue weighted by Crippen LogP contribution is -2.34. The molecule has 0 radical (unpaired) electrons. The summed E-state index contributed by atoms with van der Waals surface area (Å²) < 4.78 is 0. The average Bonchev–Trinajstić information content (AvgIpc) is 3.05. The smallest absolute Gasteiger partial charge is 0.161 e. The quantitative estimate of drug-likeness (QED) is 0.915. The van der Waals surface area contributed by atoms with Gasteiger partial charge < -0.3 is 14.9 Å². The number of para-hydroxylation sites is 1. The van der Waals surface area contributed by atoms with E-state index in [2.05, 4.69) is 41.3 Å². The van der Waals surface area contributed by atoms with E-state index in [0.29, 0.717) is 0 Å². The van der Waals surface area contributed by atoms with Gasteiger partial charge in [0.15, 0.2) is 5.50 Å². The molecule has 0 spiro atoms. The number of hydrogen-bond acceptors (Lipinski definition) is 4. The lowest BCUT2D eigenvalue weighted by atomic mass is 10.1. The second-order valence-electron chi connectivity index (χ2n) is 4.82. The molecule has 1 N–H and O–H groups in total. The van der Waals surface area contributed by atoms with Crippen molar-refractivity contribution in [3.05, 3.63) is 66.4 Å². The number of anilines is 1. The molecule has 0 aromatic heterocycles. The molecule has 0 saturated heterocycles. The zero-order chi connectivity index (χ0) is 13.5. The second kappa shape index (κ2) is 4.58. The SMILES string of the molecule is OCN1C=C(c2ccccc2)N2c3ccccc3SC12. The Labute approximate surface area is 122 Å². The highest BCUT2D eigenvalue weighted by molar-refractivity contribution is 8.00. The summed E-state index contributed by atoms with van der Waals surface area (Å²) in [5.74, 6) is 0. The van der Waals surface area contributed by atoms with E-state index in [4.69, 9.17) is 0 Å². The lowest BCUT2D eigenvalue weighted by molar-refractivity contribution is 0.152. The highest BCUT2D eigenvalue weighted by atomic mass is 32.2. The van der Waals surface area contributed by atoms with Crippen molar-refractivity contribution in [1.82, 2.24) is 4.90 Å². The van der Waals surface area contributed by atoms with Crippen LogP contribution in [0.4, 0.5) is 5.69 Å². The maximum absolute atomic E-state index is 9.60. The average molecular weight is 282 g/mol. The molecule has 100 valence electrons. The first kappa shape index (κ1) is 11.9. The van der Waals surface area contributed by atoms with Gasteiger partial charge in [-0.05, 0) is 17.7 Å². The molecule has 0 amide bonds. The zero-order valence-electron chi connectivity index (χ0n) is 10.8. The Bertz CT molecular complexity index is 671. The number of aliphatic hydroxyl groups excluding tert-OH is 1. The van der Waals surface area contributed by atoms with Gasteiger partial charge in [-0.3, -0.25) is 0 Å². The van der Waals surface area contributed by atoms with E-state index in [9.17, 15) is 5.11 Å². The Hall–Kier alpha value is -1.91. The van der Waals surface area contributed by atoms with Crippen LogP contribution in [0, 0.1) is 0 Å². The van der Waals surface area contributed by atoms with Crippen molar-refractivity contribution in [2.45, 2.75) is 10.4 Å². The third-order valence-electron chi connectivity index (χ3n) is 3.64. The third kappa shape index (κ3) is 1.65. The summed E-state index contributed by atoms with van der Waals surface area (Å²) in [6.07, 6.45) is 2.04. The molecule has 4 heteroatoms. The first-order valence-corrected chi connectivity index (χ1v) is 7.45. The molecule has 2 aromatic rings. The summed E-state index contributed by atoms with van der Waals surface area (Å²) in [4.78, 5) is 5.52. The predicted molar refractivity (Wildman–Crippen MR) is 81.9 cm³/mol. The third-order valence-corrected chi connectivity index (χ3v) is 4.93. The van der Waals surface area contributed by atoms with Crippen molar-refractivity contribution in [3.8, 4) is 0 Å². The van der Waals surface area contributed by atoms with Crippen molar-refractivity contribution in [3.63, 3.8) is 0 Å². The largest absolute Gasteiger partial charge is 0.376 e. The number of aliphatic hydroxyl groups is 1. The van der Waals surface area contributed by atoms with Crippen LogP contribution in [0.25, 0.3) is 5.70 Å². The summed E-state index contributed by atoms with van der Waals surface area (Å²) in [6.45, 7) is 0.0263. The lowest BCUT2D eigenvalue weighted by Gasteiger charge is -2.26. The van der Waals surface area contributed by atoms with Gasteiger partial charge in [-0.1, -0.05) is 54.2 Å². The molecule has 1 atom stereocenters. The Morgan fingerprint density at radius 2 is 1.75 bits per heavy atom. The van der Waals surface area contributed by atoms with Crippen molar-refractivity contribution in [2.75, 3.05) is 11.6 Å². The number of hydrogen-bond donors (Lipinski definition) is 1. The van der Waals surface area contributed by atoms with E-state index in [0.717, 1.165) is 5.70 Å². The van der Waals surface area contributed by atoms with E-state index < -0.39 is 0 Å². The fourth-order valence-corrected chi connectivity index (χ4v) is 3.99. The first-order chi connectivity index (χ1) is 9.88. The second-order valence-corrected chi connectivity index (χ2v) is 5.92. The van der Waals surface area contributed by atoms with Crippen LogP contribution in [0.2, 0.25) is 0 Å². The fourth-order valence-electron chi connectivity index (χ4n) is 2.72. The van der Waals surface area contributed by atoms with Crippen LogP contribution in [0.1, 0.15) is 5.56 Å². The molecular weight excluding hydrogens is 268 g/mol. The van der Waals surface area contributed by atoms with Crippen LogP contribution >= 0.6 is 11.8 Å². The van der Waals surface area contributed by atoms with E-state index in [1.807, 2.05) is 29.3 Å². The molecule has 4 rings (SSSR count). The van der Waals surface area contributed by atoms with Crippen LogP contribution in [-0.4, -0.2) is 22.2 Å². The van der Waals surface area contributed by atoms with Crippen LogP contribution in [-0.2, 0) is 0 Å². The molecule has 2 aromatic carbocycles. The summed E-state index contributed by atoms with van der Waals surface area (Å²) in [5, 5.41) is 9.60. The van der Waals surface area contributed by atoms with Crippen LogP contribution < -0.4 is 4.90 Å². The minimum atomic E-state index is 0.0263. The molecule has 0 saturated carbocycles. The fraction of sp³-hybridized carbons (Fsp3) is 0.125. The monoisotopic (exact) mass is 282 g/mol. The molecule has 20 heavy (non-hydrogen) atoms. The van der Waals surface area contributed by atoms with Crippen molar-refractivity contribution >= 4 is 23.1 Å². The van der Waals surface area contributed by atoms with Gasteiger partial charge in [0.25, 0.3) is 0 Å². The summed E-state index contributed by atoms with van der Waals surface area (Å²) in [6, 6.07) is 18.7. The normalized spacial score (nSPS) is 19.9. The first-order valence-electron chi connectivity index (χ1n) is 6.57. The van der Waals surface area contributed by atoms with Crippen LogP contribution in [0.15, 0.2) is 65.7 Å². The van der Waals surface area contributed by atoms with Gasteiger partial charge in [0.1, 0.15) is 6.73 Å². The number of benzene rings is 2. The Balaban J connectivity index is 1.83. The molecule has 1 unspecified atom stereocenters. The summed E-state index contributed by atoms with van der Waals surface area (Å²) in [7, 11) is 0. The highest BCUT2D eigenvalue weighted by Gasteiger charge is 2.40. The number of rotatable bonds is 2. The predicted octanol–water partition coefficient (Wildman–Crippen LogP) is 3.15. The molecular formula is C16H14N2OS. The van der Waals surface area contributed by atoms with E-state index in [1.54, 1.807) is 11.8 Å². The van der Waals surface area contributed by atoms with Crippen LogP contribution in [0.3, 0.4) is 0 Å². The van der Waals surface area contributed by atoms with Gasteiger partial charge in [0, 0.05) is 11.1 Å². The minimum absolute atomic E-state index is 0.0263. The van der Waals surface area contributed by atoms with Gasteiger partial charge in [0.05, 0.1) is 11.4 Å². The Kier molecular flexibility index (Phi) is 2.72. The standard InChI is InChI=1S/C16H14N2OS/c19-11-17-10-14(12-6-2-1-3-7-12)18-13-8-4-5-9-15(13)20-16(17)18/h1-10,16,19H,11H2. The van der Waals surface area contributed by atoms with Gasteiger partial charge in [-0.25, -0.2) is 0 Å². The van der Waals surface area contributed by atoms with Gasteiger partial charge in [-0.2, -0.15) is 0 Å². The maximum Gasteiger partial charge on any atom is 0.161 e. The Morgan fingerprint density at radius 1 is 1.00 bits per heavy atom. The minimum Gasteiger partial charge on any atom is -0.376 e. The molecule has 2 aliphatic rings. The molecule has 0 fully saturated rings. The maximum atomic E-state index is 9.60. The number of thioether (sulfide) groups is 1. The Morgan fingerprint density at radius 3 is 2.55 bits per heavy atom. The van der Waals surface area contributed by atoms with Gasteiger partial charge in [0.2, 0.25) is 0 Å². The van der Waals surface area contributed by atoms with Gasteiger partial charge >= 0.3 is 0 Å². The van der Waals surface area contributed by atoms with Crippen LogP contribution in [0.5, 0.6) is 0 Å². The molecule has 2 heterocycles. The van der Waals surface area contributed by atoms with Crippen molar-refractivity contribution < 1.29 is 5.11 Å². The van der Waals surface area contributed by atoms with Crippen molar-refractivity contribution in [2.24, 2.45) is 0 Å². The van der Waals surface area contributed by atoms with E-state index >= 15 is 0 Å². The number of nitrogens with zero attached hydrogens (tertiary/aromatic N) is 2. The van der Waals surface area contributed by atoms with Gasteiger partial charge in [-0.15, -0.1) is 0 Å². The highest BCUT2D eigenvalue weighted by Crippen LogP contribution is 2.51. The number of fused-ring (bicyclic) bond motifs is 3. The summed E-state index contributed by atoms with van der Waals surface area (Å²) >= 11 is 1.78. The van der Waals surface area contributed by atoms with Crippen molar-refractivity contribution in [1.29, 1.82) is 0 Å². The molecule has 0 aliphatic carbocycles. The molecule has 2 aliphatic heterocycles. The molecule has 3 nitrogen and oxygen atoms in total. The van der Waals surface area contributed by atoms with E-state index in [1.165, 1.54) is 16.1 Å². The summed E-state index contributed by atoms with van der Waals surface area (Å²) in [5.41, 5.74) is 3.65.